The van der Waals surface area contributed by atoms with Crippen molar-refractivity contribution < 1.29 is 9.63 Å². The third-order valence-electron chi connectivity index (χ3n) is 6.93. The van der Waals surface area contributed by atoms with E-state index < -0.39 is 5.97 Å². The summed E-state index contributed by atoms with van der Waals surface area (Å²) in [6.45, 7) is 7.78. The molecule has 0 radical (unpaired) electrons. The highest BCUT2D eigenvalue weighted by Gasteiger charge is 2.21. The molecule has 5 nitrogen and oxygen atoms in total. The van der Waals surface area contributed by atoms with Crippen molar-refractivity contribution in [1.82, 2.24) is 0 Å². The maximum Gasteiger partial charge on any atom is 0.358 e. The highest BCUT2D eigenvalue weighted by Crippen LogP contribution is 2.39. The Labute approximate surface area is 235 Å². The smallest absolute Gasteiger partial charge is 0.358 e. The molecule has 0 bridgehead atoms. The van der Waals surface area contributed by atoms with Crippen molar-refractivity contribution >= 4 is 39.5 Å². The summed E-state index contributed by atoms with van der Waals surface area (Å²) in [5, 5.41) is 7.47. The zero-order valence-corrected chi connectivity index (χ0v) is 22.8. The Hall–Kier alpha value is -5.03. The van der Waals surface area contributed by atoms with E-state index in [1.54, 1.807) is 12.0 Å². The van der Waals surface area contributed by atoms with Gasteiger partial charge in [0.1, 0.15) is 0 Å². The molecule has 0 spiro atoms. The van der Waals surface area contributed by atoms with Gasteiger partial charge in [0.2, 0.25) is 0 Å². The fraction of sp³-hybridized carbons (Fsp3) is 0.114. The molecule has 0 saturated carbocycles. The van der Waals surface area contributed by atoms with Crippen LogP contribution in [0, 0.1) is 0 Å². The molecule has 0 saturated heterocycles. The number of nitrogen functional groups attached to an aromatic ring is 1. The van der Waals surface area contributed by atoms with E-state index in [0.29, 0.717) is 12.1 Å². The number of hydroxylamine groups is 1. The summed E-state index contributed by atoms with van der Waals surface area (Å²) in [6.07, 6.45) is 0. The van der Waals surface area contributed by atoms with Gasteiger partial charge in [0, 0.05) is 33.9 Å². The quantitative estimate of drug-likeness (QED) is 0.0875. The van der Waals surface area contributed by atoms with Crippen LogP contribution in [-0.2, 0) is 9.63 Å². The molecule has 5 aromatic carbocycles. The number of carbonyl (C=O) groups is 1. The van der Waals surface area contributed by atoms with Crippen LogP contribution >= 0.6 is 0 Å². The van der Waals surface area contributed by atoms with Crippen LogP contribution in [0.4, 0.5) is 22.7 Å². The van der Waals surface area contributed by atoms with Gasteiger partial charge >= 0.3 is 5.97 Å². The Morgan fingerprint density at radius 2 is 1.43 bits per heavy atom. The Morgan fingerprint density at radius 1 is 0.825 bits per heavy atom. The average Bonchev–Trinajstić information content (AvgIpc) is 2.98. The van der Waals surface area contributed by atoms with E-state index in [1.807, 2.05) is 49.4 Å². The standard InChI is InChI=1S/C35H33N3O2/c1-4-38(40-35(39)24(2)3)29-20-16-26(17-21-29)34(25-14-18-27(36)19-15-25)32-22-23-33(31-13-9-8-12-30(31)32)37-28-10-6-5-7-11-28/h5-23,34,37H,2,4,36H2,1,3H3. The van der Waals surface area contributed by atoms with Crippen LogP contribution in [0.1, 0.15) is 36.5 Å². The summed E-state index contributed by atoms with van der Waals surface area (Å²) in [5.74, 6) is -0.486. The first-order valence-electron chi connectivity index (χ1n) is 13.4. The number of para-hydroxylation sites is 1. The molecule has 0 aromatic heterocycles. The molecule has 1 atom stereocenters. The molecule has 0 heterocycles. The van der Waals surface area contributed by atoms with Crippen molar-refractivity contribution in [1.29, 1.82) is 0 Å². The van der Waals surface area contributed by atoms with Crippen LogP contribution in [0.25, 0.3) is 10.8 Å². The summed E-state index contributed by atoms with van der Waals surface area (Å²) in [6, 6.07) is 39.3. The SMILES string of the molecule is C=C(C)C(=O)ON(CC)c1ccc(C(c2ccc(N)cc2)c2ccc(Nc3ccccc3)c3ccccc23)cc1. The number of fused-ring (bicyclic) bond motifs is 1. The lowest BCUT2D eigenvalue weighted by molar-refractivity contribution is -0.140. The number of benzene rings is 5. The van der Waals surface area contributed by atoms with Gasteiger partial charge in [0.25, 0.3) is 0 Å². The lowest BCUT2D eigenvalue weighted by Crippen LogP contribution is -2.27. The number of hydrogen-bond donors (Lipinski definition) is 2. The number of nitrogens with two attached hydrogens (primary N) is 1. The first kappa shape index (κ1) is 26.6. The molecule has 5 heteroatoms. The molecule has 0 aliphatic rings. The Bertz CT molecular complexity index is 1630. The van der Waals surface area contributed by atoms with Crippen LogP contribution in [0.5, 0.6) is 0 Å². The van der Waals surface area contributed by atoms with Gasteiger partial charge in [-0.1, -0.05) is 79.4 Å². The van der Waals surface area contributed by atoms with Crippen molar-refractivity contribution in [2.45, 2.75) is 19.8 Å². The van der Waals surface area contributed by atoms with Crippen LogP contribution < -0.4 is 16.1 Å². The first-order valence-corrected chi connectivity index (χ1v) is 13.4. The predicted molar refractivity (Wildman–Crippen MR) is 166 cm³/mol. The fourth-order valence-corrected chi connectivity index (χ4v) is 4.91. The number of nitrogens with one attached hydrogen (secondary N) is 1. The van der Waals surface area contributed by atoms with E-state index in [1.165, 1.54) is 10.9 Å². The van der Waals surface area contributed by atoms with Gasteiger partial charge in [0.15, 0.2) is 0 Å². The minimum absolute atomic E-state index is 0.0432. The average molecular weight is 528 g/mol. The molecule has 0 amide bonds. The van der Waals surface area contributed by atoms with Gasteiger partial charge in [-0.05, 0) is 78.4 Å². The lowest BCUT2D eigenvalue weighted by atomic mass is 9.82. The number of anilines is 4. The number of hydrogen-bond acceptors (Lipinski definition) is 5. The fourth-order valence-electron chi connectivity index (χ4n) is 4.91. The summed E-state index contributed by atoms with van der Waals surface area (Å²) >= 11 is 0. The van der Waals surface area contributed by atoms with Crippen molar-refractivity contribution in [3.05, 3.63) is 144 Å². The van der Waals surface area contributed by atoms with Gasteiger partial charge in [-0.15, -0.1) is 0 Å². The normalized spacial score (nSPS) is 11.6. The minimum atomic E-state index is -0.443. The Morgan fingerprint density at radius 3 is 2.05 bits per heavy atom. The van der Waals surface area contributed by atoms with Gasteiger partial charge in [-0.25, -0.2) is 9.86 Å². The monoisotopic (exact) mass is 527 g/mol. The summed E-state index contributed by atoms with van der Waals surface area (Å²) in [7, 11) is 0. The lowest BCUT2D eigenvalue weighted by Gasteiger charge is -2.24. The highest BCUT2D eigenvalue weighted by atomic mass is 16.7. The first-order chi connectivity index (χ1) is 19.4. The second-order valence-electron chi connectivity index (χ2n) is 9.78. The van der Waals surface area contributed by atoms with Crippen LogP contribution in [0.2, 0.25) is 0 Å². The highest BCUT2D eigenvalue weighted by molar-refractivity contribution is 5.98. The van der Waals surface area contributed by atoms with Gasteiger partial charge in [-0.3, -0.25) is 0 Å². The molecular weight excluding hydrogens is 494 g/mol. The number of rotatable bonds is 9. The third-order valence-corrected chi connectivity index (χ3v) is 6.93. The predicted octanol–water partition coefficient (Wildman–Crippen LogP) is 8.21. The summed E-state index contributed by atoms with van der Waals surface area (Å²) < 4.78 is 0. The van der Waals surface area contributed by atoms with Crippen molar-refractivity contribution in [2.24, 2.45) is 0 Å². The van der Waals surface area contributed by atoms with Crippen LogP contribution in [-0.4, -0.2) is 12.5 Å². The zero-order valence-electron chi connectivity index (χ0n) is 22.8. The number of nitrogens with zero attached hydrogens (tertiary/aromatic N) is 1. The third kappa shape index (κ3) is 5.69. The molecule has 200 valence electrons. The van der Waals surface area contributed by atoms with E-state index in [-0.39, 0.29) is 5.92 Å². The molecule has 5 rings (SSSR count). The summed E-state index contributed by atoms with van der Waals surface area (Å²) in [5.41, 5.74) is 13.5. The zero-order chi connectivity index (χ0) is 28.1. The molecule has 3 N–H and O–H groups in total. The van der Waals surface area contributed by atoms with E-state index in [0.717, 1.165) is 39.3 Å². The molecule has 0 aliphatic carbocycles. The molecule has 1 unspecified atom stereocenters. The van der Waals surface area contributed by atoms with Crippen molar-refractivity contribution in [3.63, 3.8) is 0 Å². The van der Waals surface area contributed by atoms with Crippen molar-refractivity contribution in [3.8, 4) is 0 Å². The minimum Gasteiger partial charge on any atom is -0.399 e. The molecule has 5 aromatic rings. The van der Waals surface area contributed by atoms with E-state index >= 15 is 0 Å². The van der Waals surface area contributed by atoms with E-state index in [4.69, 9.17) is 10.6 Å². The van der Waals surface area contributed by atoms with E-state index in [9.17, 15) is 4.79 Å². The molecule has 0 aliphatic heterocycles. The maximum atomic E-state index is 12.1. The summed E-state index contributed by atoms with van der Waals surface area (Å²) in [4.78, 5) is 17.7. The van der Waals surface area contributed by atoms with Gasteiger partial charge < -0.3 is 15.9 Å². The molecule has 0 fully saturated rings. The van der Waals surface area contributed by atoms with Gasteiger partial charge in [-0.2, -0.15) is 0 Å². The maximum absolute atomic E-state index is 12.1. The van der Waals surface area contributed by atoms with Crippen LogP contribution in [0.3, 0.4) is 0 Å². The second kappa shape index (κ2) is 11.8. The Balaban J connectivity index is 1.58. The van der Waals surface area contributed by atoms with Gasteiger partial charge in [0.05, 0.1) is 12.2 Å². The van der Waals surface area contributed by atoms with E-state index in [2.05, 4.69) is 84.7 Å². The largest absolute Gasteiger partial charge is 0.399 e. The van der Waals surface area contributed by atoms with Crippen molar-refractivity contribution in [2.75, 3.05) is 22.7 Å². The number of carbonyl (C=O) groups excluding carboxylic acids is 1. The van der Waals surface area contributed by atoms with Crippen LogP contribution in [0.15, 0.2) is 127 Å². The topological polar surface area (TPSA) is 67.6 Å². The second-order valence-corrected chi connectivity index (χ2v) is 9.78. The Kier molecular flexibility index (Phi) is 7.83. The molecule has 40 heavy (non-hydrogen) atoms. The molecular formula is C35H33N3O2.